The van der Waals surface area contributed by atoms with E-state index in [0.29, 0.717) is 12.3 Å². The third-order valence-corrected chi connectivity index (χ3v) is 5.09. The monoisotopic (exact) mass is 300 g/mol. The Morgan fingerprint density at radius 1 is 1.40 bits per heavy atom. The van der Waals surface area contributed by atoms with Crippen molar-refractivity contribution in [3.05, 3.63) is 0 Å². The molecule has 1 N–H and O–H groups in total. The third kappa shape index (κ3) is 4.46. The lowest BCUT2D eigenvalue weighted by molar-refractivity contribution is -0.128. The Morgan fingerprint density at radius 3 is 2.70 bits per heavy atom. The van der Waals surface area contributed by atoms with E-state index in [4.69, 9.17) is 5.11 Å². The zero-order chi connectivity index (χ0) is 14.5. The SMILES string of the molecule is CC(=O)SC1CC(=O)N(CC2CCN(CCO)CC2)C1. The highest BCUT2D eigenvalue weighted by molar-refractivity contribution is 8.14. The van der Waals surface area contributed by atoms with Crippen LogP contribution < -0.4 is 0 Å². The van der Waals surface area contributed by atoms with Crippen LogP contribution in [0.5, 0.6) is 0 Å². The summed E-state index contributed by atoms with van der Waals surface area (Å²) in [6.07, 6.45) is 2.69. The highest BCUT2D eigenvalue weighted by atomic mass is 32.2. The summed E-state index contributed by atoms with van der Waals surface area (Å²) < 4.78 is 0. The van der Waals surface area contributed by atoms with Crippen molar-refractivity contribution in [3.8, 4) is 0 Å². The van der Waals surface area contributed by atoms with Crippen LogP contribution in [0.25, 0.3) is 0 Å². The number of amides is 1. The summed E-state index contributed by atoms with van der Waals surface area (Å²) in [5.41, 5.74) is 0. The van der Waals surface area contributed by atoms with Gasteiger partial charge in [0, 0.05) is 38.2 Å². The number of aliphatic hydroxyl groups is 1. The van der Waals surface area contributed by atoms with Crippen LogP contribution in [0.3, 0.4) is 0 Å². The number of carbonyl (C=O) groups excluding carboxylic acids is 2. The van der Waals surface area contributed by atoms with Crippen molar-refractivity contribution >= 4 is 22.8 Å². The molecule has 0 aliphatic carbocycles. The van der Waals surface area contributed by atoms with Gasteiger partial charge in [-0.2, -0.15) is 0 Å². The van der Waals surface area contributed by atoms with Gasteiger partial charge in [0.2, 0.25) is 5.91 Å². The van der Waals surface area contributed by atoms with Crippen LogP contribution in [-0.4, -0.2) is 70.5 Å². The lowest BCUT2D eigenvalue weighted by Gasteiger charge is -2.33. The van der Waals surface area contributed by atoms with Gasteiger partial charge in [-0.05, 0) is 31.8 Å². The maximum atomic E-state index is 12.0. The van der Waals surface area contributed by atoms with Gasteiger partial charge < -0.3 is 14.9 Å². The van der Waals surface area contributed by atoms with Gasteiger partial charge in [-0.15, -0.1) is 0 Å². The van der Waals surface area contributed by atoms with Crippen molar-refractivity contribution in [2.75, 3.05) is 39.3 Å². The maximum absolute atomic E-state index is 12.0. The fourth-order valence-corrected chi connectivity index (χ4v) is 4.02. The molecule has 5 nitrogen and oxygen atoms in total. The Kier molecular flexibility index (Phi) is 5.86. The Morgan fingerprint density at radius 2 is 2.10 bits per heavy atom. The molecule has 6 heteroatoms. The molecule has 0 radical (unpaired) electrons. The zero-order valence-corrected chi connectivity index (χ0v) is 12.9. The Balaban J connectivity index is 1.74. The molecule has 0 spiro atoms. The normalized spacial score (nSPS) is 25.4. The quantitative estimate of drug-likeness (QED) is 0.804. The summed E-state index contributed by atoms with van der Waals surface area (Å²) in [6, 6.07) is 0. The van der Waals surface area contributed by atoms with Gasteiger partial charge in [-0.1, -0.05) is 11.8 Å². The van der Waals surface area contributed by atoms with Gasteiger partial charge in [-0.3, -0.25) is 9.59 Å². The van der Waals surface area contributed by atoms with E-state index in [1.807, 2.05) is 4.90 Å². The summed E-state index contributed by atoms with van der Waals surface area (Å²) >= 11 is 1.30. The molecule has 20 heavy (non-hydrogen) atoms. The Bertz CT molecular complexity index is 356. The lowest BCUT2D eigenvalue weighted by atomic mass is 9.96. The molecule has 0 aromatic carbocycles. The minimum atomic E-state index is 0.0990. The summed E-state index contributed by atoms with van der Waals surface area (Å²) in [4.78, 5) is 27.3. The lowest BCUT2D eigenvalue weighted by Crippen LogP contribution is -2.40. The number of rotatable bonds is 5. The molecule has 1 unspecified atom stereocenters. The van der Waals surface area contributed by atoms with Crippen LogP contribution in [0.1, 0.15) is 26.2 Å². The van der Waals surface area contributed by atoms with E-state index in [2.05, 4.69) is 4.90 Å². The molecular formula is C14H24N2O3S. The fourth-order valence-electron chi connectivity index (χ4n) is 3.07. The zero-order valence-electron chi connectivity index (χ0n) is 12.1. The number of β-amino-alcohol motifs (C(OH)–C–C–N with tert-alkyl or cyclic N) is 1. The van der Waals surface area contributed by atoms with Crippen LogP contribution in [0, 0.1) is 5.92 Å². The van der Waals surface area contributed by atoms with Crippen LogP contribution in [0.15, 0.2) is 0 Å². The third-order valence-electron chi connectivity index (χ3n) is 4.11. The maximum Gasteiger partial charge on any atom is 0.223 e. The number of hydrogen-bond donors (Lipinski definition) is 1. The van der Waals surface area contributed by atoms with Crippen molar-refractivity contribution in [1.82, 2.24) is 9.80 Å². The summed E-state index contributed by atoms with van der Waals surface area (Å²) in [7, 11) is 0. The standard InChI is InChI=1S/C14H24N2O3S/c1-11(18)20-13-8-14(19)16(10-13)9-12-2-4-15(5-3-12)6-7-17/h12-13,17H,2-10H2,1H3. The summed E-state index contributed by atoms with van der Waals surface area (Å²) in [5.74, 6) is 0.761. The average molecular weight is 300 g/mol. The average Bonchev–Trinajstić information content (AvgIpc) is 2.71. The highest BCUT2D eigenvalue weighted by Gasteiger charge is 2.32. The number of hydrogen-bond acceptors (Lipinski definition) is 5. The summed E-state index contributed by atoms with van der Waals surface area (Å²) in [6.45, 7) is 6.12. The van der Waals surface area contributed by atoms with Gasteiger partial charge in [0.05, 0.1) is 6.61 Å². The molecule has 2 fully saturated rings. The van der Waals surface area contributed by atoms with Crippen LogP contribution in [-0.2, 0) is 9.59 Å². The van der Waals surface area contributed by atoms with Crippen molar-refractivity contribution in [1.29, 1.82) is 0 Å². The van der Waals surface area contributed by atoms with E-state index < -0.39 is 0 Å². The molecule has 0 aromatic rings. The van der Waals surface area contributed by atoms with Crippen molar-refractivity contribution < 1.29 is 14.7 Å². The second-order valence-electron chi connectivity index (χ2n) is 5.74. The Hall–Kier alpha value is -0.590. The van der Waals surface area contributed by atoms with E-state index in [-0.39, 0.29) is 22.9 Å². The fraction of sp³-hybridized carbons (Fsp3) is 0.857. The van der Waals surface area contributed by atoms with Gasteiger partial charge in [0.15, 0.2) is 5.12 Å². The van der Waals surface area contributed by atoms with Gasteiger partial charge in [0.1, 0.15) is 0 Å². The minimum absolute atomic E-state index is 0.0990. The first kappa shape index (κ1) is 15.8. The molecule has 0 aromatic heterocycles. The summed E-state index contributed by atoms with van der Waals surface area (Å²) in [5, 5.41) is 9.17. The molecule has 1 amide bonds. The number of carbonyl (C=O) groups is 2. The smallest absolute Gasteiger partial charge is 0.223 e. The first-order chi connectivity index (χ1) is 9.58. The van der Waals surface area contributed by atoms with E-state index in [1.54, 1.807) is 6.92 Å². The second-order valence-corrected chi connectivity index (χ2v) is 7.22. The van der Waals surface area contributed by atoms with Crippen molar-refractivity contribution in [3.63, 3.8) is 0 Å². The van der Waals surface area contributed by atoms with Gasteiger partial charge >= 0.3 is 0 Å². The molecule has 114 valence electrons. The first-order valence-electron chi connectivity index (χ1n) is 7.36. The predicted octanol–water partition coefficient (Wildman–Crippen LogP) is 0.571. The van der Waals surface area contributed by atoms with E-state index >= 15 is 0 Å². The highest BCUT2D eigenvalue weighted by Crippen LogP contribution is 2.26. The minimum Gasteiger partial charge on any atom is -0.395 e. The number of aliphatic hydroxyl groups excluding tert-OH is 1. The van der Waals surface area contributed by atoms with Crippen LogP contribution >= 0.6 is 11.8 Å². The number of likely N-dealkylation sites (tertiary alicyclic amines) is 2. The molecule has 0 bridgehead atoms. The molecule has 2 saturated heterocycles. The van der Waals surface area contributed by atoms with Gasteiger partial charge in [0.25, 0.3) is 0 Å². The van der Waals surface area contributed by atoms with Crippen molar-refractivity contribution in [2.24, 2.45) is 5.92 Å². The Labute approximate surface area is 124 Å². The van der Waals surface area contributed by atoms with Crippen LogP contribution in [0.4, 0.5) is 0 Å². The first-order valence-corrected chi connectivity index (χ1v) is 8.24. The van der Waals surface area contributed by atoms with Crippen LogP contribution in [0.2, 0.25) is 0 Å². The molecule has 1 atom stereocenters. The largest absolute Gasteiger partial charge is 0.395 e. The predicted molar refractivity (Wildman–Crippen MR) is 79.5 cm³/mol. The number of nitrogens with zero attached hydrogens (tertiary/aromatic N) is 2. The molecule has 2 aliphatic heterocycles. The van der Waals surface area contributed by atoms with E-state index in [0.717, 1.165) is 45.6 Å². The molecule has 2 aliphatic rings. The topological polar surface area (TPSA) is 60.9 Å². The second kappa shape index (κ2) is 7.43. The number of thioether (sulfide) groups is 1. The molecule has 2 heterocycles. The van der Waals surface area contributed by atoms with Crippen molar-refractivity contribution in [2.45, 2.75) is 31.4 Å². The number of piperidine rings is 1. The van der Waals surface area contributed by atoms with E-state index in [1.165, 1.54) is 11.8 Å². The van der Waals surface area contributed by atoms with E-state index in [9.17, 15) is 9.59 Å². The molecular weight excluding hydrogens is 276 g/mol. The molecule has 2 rings (SSSR count). The molecule has 0 saturated carbocycles. The van der Waals surface area contributed by atoms with Gasteiger partial charge in [-0.25, -0.2) is 0 Å².